The molecule has 8 nitrogen and oxygen atoms in total. The summed E-state index contributed by atoms with van der Waals surface area (Å²) in [7, 11) is -3.80. The Morgan fingerprint density at radius 2 is 2.12 bits per heavy atom. The van der Waals surface area contributed by atoms with E-state index in [1.54, 1.807) is 19.2 Å². The number of sulfonamides is 1. The number of alkyl halides is 1. The number of carbonyl (C=O) groups is 1. The van der Waals surface area contributed by atoms with Crippen molar-refractivity contribution in [2.45, 2.75) is 25.9 Å². The lowest BCUT2D eigenvalue weighted by molar-refractivity contribution is 0.101. The van der Waals surface area contributed by atoms with Crippen LogP contribution in [0.4, 0.5) is 14.5 Å². The van der Waals surface area contributed by atoms with Crippen molar-refractivity contribution in [3.05, 3.63) is 47.2 Å². The summed E-state index contributed by atoms with van der Waals surface area (Å²) in [6.07, 6.45) is 2.30. The lowest BCUT2D eigenvalue weighted by Crippen LogP contribution is -2.36. The van der Waals surface area contributed by atoms with Gasteiger partial charge in [-0.1, -0.05) is 13.0 Å². The van der Waals surface area contributed by atoms with Crippen molar-refractivity contribution in [3.8, 4) is 0 Å². The van der Waals surface area contributed by atoms with Crippen LogP contribution in [0.5, 0.6) is 0 Å². The van der Waals surface area contributed by atoms with E-state index < -0.39 is 39.1 Å². The summed E-state index contributed by atoms with van der Waals surface area (Å²) in [5.41, 5.74) is 0.171. The van der Waals surface area contributed by atoms with E-state index in [-0.39, 0.29) is 17.7 Å². The number of halogens is 2. The zero-order valence-corrected chi connectivity index (χ0v) is 18.3. The number of fused-ring (bicyclic) bond motifs is 1. The summed E-state index contributed by atoms with van der Waals surface area (Å²) < 4.78 is 61.4. The summed E-state index contributed by atoms with van der Waals surface area (Å²) in [6.45, 7) is 4.14. The molecule has 0 bridgehead atoms. The van der Waals surface area contributed by atoms with Gasteiger partial charge in [-0.2, -0.15) is 0 Å². The molecule has 172 valence electrons. The lowest BCUT2D eigenvalue weighted by atomic mass is 9.93. The fourth-order valence-electron chi connectivity index (χ4n) is 3.85. The Kier molecular flexibility index (Phi) is 6.29. The number of nitrogens with zero attached hydrogens (tertiary/aromatic N) is 2. The number of rotatable bonds is 7. The second kappa shape index (κ2) is 8.99. The first-order valence-corrected chi connectivity index (χ1v) is 12.0. The van der Waals surface area contributed by atoms with Gasteiger partial charge in [-0.15, -0.1) is 0 Å². The number of ketones is 1. The number of H-pyrrole nitrogens is 1. The Morgan fingerprint density at radius 3 is 2.84 bits per heavy atom. The van der Waals surface area contributed by atoms with Crippen molar-refractivity contribution in [1.29, 1.82) is 0 Å². The number of aromatic nitrogens is 2. The van der Waals surface area contributed by atoms with Crippen LogP contribution in [-0.2, 0) is 14.8 Å². The zero-order chi connectivity index (χ0) is 22.9. The third kappa shape index (κ3) is 4.40. The summed E-state index contributed by atoms with van der Waals surface area (Å²) in [5, 5.41) is 0.439. The Balaban J connectivity index is 1.69. The van der Waals surface area contributed by atoms with E-state index in [1.807, 2.05) is 0 Å². The zero-order valence-electron chi connectivity index (χ0n) is 17.5. The Bertz CT molecular complexity index is 1200. The average Bonchev–Trinajstić information content (AvgIpc) is 3.19. The molecule has 3 heterocycles. The maximum atomic E-state index is 15.1. The van der Waals surface area contributed by atoms with E-state index in [9.17, 15) is 17.6 Å². The smallest absolute Gasteiger partial charge is 0.232 e. The van der Waals surface area contributed by atoms with Crippen molar-refractivity contribution >= 4 is 32.5 Å². The Hall–Kier alpha value is -2.79. The molecule has 0 radical (unpaired) electrons. The van der Waals surface area contributed by atoms with E-state index in [2.05, 4.69) is 19.6 Å². The molecule has 0 saturated carbocycles. The fourth-order valence-corrected chi connectivity index (χ4v) is 4.99. The van der Waals surface area contributed by atoms with Gasteiger partial charge in [0.2, 0.25) is 10.0 Å². The number of ether oxygens (including phenoxy) is 1. The van der Waals surface area contributed by atoms with Gasteiger partial charge in [-0.05, 0) is 12.5 Å². The molecule has 0 aromatic carbocycles. The SMILES string of the molecule is CCCS(=O)(=O)NC1=CCC(F)C(C(=O)c2c[nH]c3ncc(N4CCOCC4)cc23)=C1F. The van der Waals surface area contributed by atoms with Crippen molar-refractivity contribution in [2.24, 2.45) is 0 Å². The Morgan fingerprint density at radius 1 is 1.38 bits per heavy atom. The third-order valence-electron chi connectivity index (χ3n) is 5.44. The second-order valence-corrected chi connectivity index (χ2v) is 9.53. The molecule has 11 heteroatoms. The molecule has 1 fully saturated rings. The quantitative estimate of drug-likeness (QED) is 0.608. The molecule has 1 aliphatic carbocycles. The van der Waals surface area contributed by atoms with Crippen molar-refractivity contribution in [3.63, 3.8) is 0 Å². The number of pyridine rings is 1. The number of hydrogen-bond donors (Lipinski definition) is 2. The molecule has 1 saturated heterocycles. The number of morpholine rings is 1. The first-order chi connectivity index (χ1) is 15.3. The number of anilines is 1. The molecule has 2 N–H and O–H groups in total. The predicted molar refractivity (Wildman–Crippen MR) is 116 cm³/mol. The largest absolute Gasteiger partial charge is 0.378 e. The van der Waals surface area contributed by atoms with Crippen LogP contribution in [0.25, 0.3) is 11.0 Å². The van der Waals surface area contributed by atoms with E-state index in [1.165, 1.54) is 6.20 Å². The molecule has 32 heavy (non-hydrogen) atoms. The normalized spacial score (nSPS) is 19.9. The van der Waals surface area contributed by atoms with Crippen molar-refractivity contribution in [2.75, 3.05) is 37.0 Å². The highest BCUT2D eigenvalue weighted by Gasteiger charge is 2.33. The molecule has 2 aromatic heterocycles. The minimum Gasteiger partial charge on any atom is -0.378 e. The van der Waals surface area contributed by atoms with E-state index in [0.717, 1.165) is 11.8 Å². The maximum absolute atomic E-state index is 15.1. The molecule has 4 rings (SSSR count). The summed E-state index contributed by atoms with van der Waals surface area (Å²) in [5.74, 6) is -2.25. The van der Waals surface area contributed by atoms with Gasteiger partial charge in [0, 0.05) is 36.7 Å². The molecule has 1 atom stereocenters. The van der Waals surface area contributed by atoms with Gasteiger partial charge in [0.05, 0.1) is 42.1 Å². The molecule has 2 aromatic rings. The molecule has 1 aliphatic heterocycles. The van der Waals surface area contributed by atoms with Gasteiger partial charge in [0.1, 0.15) is 11.8 Å². The third-order valence-corrected chi connectivity index (χ3v) is 6.91. The molecule has 0 amide bonds. The van der Waals surface area contributed by atoms with Crippen LogP contribution in [0.1, 0.15) is 30.1 Å². The number of aromatic amines is 1. The number of carbonyl (C=O) groups excluding carboxylic acids is 1. The topological polar surface area (TPSA) is 104 Å². The van der Waals surface area contributed by atoms with Gasteiger partial charge in [-0.25, -0.2) is 22.2 Å². The van der Waals surface area contributed by atoms with Gasteiger partial charge in [-0.3, -0.25) is 9.52 Å². The van der Waals surface area contributed by atoms with Gasteiger partial charge < -0.3 is 14.6 Å². The number of Topliss-reactive ketones (excluding diaryl/α,β-unsaturated/α-hetero) is 1. The number of allylic oxidation sites excluding steroid dienone is 3. The standard InChI is InChI=1S/C21H24F2N4O4S/c1-2-9-32(29,30)26-17-4-3-16(22)18(19(17)23)20(28)15-12-25-21-14(15)10-13(11-24-21)27-5-7-31-8-6-27/h4,10-12,16,26H,2-3,5-9H2,1H3,(H,24,25). The molecular formula is C21H24F2N4O4S. The van der Waals surface area contributed by atoms with Gasteiger partial charge >= 0.3 is 0 Å². The van der Waals surface area contributed by atoms with E-state index >= 15 is 4.39 Å². The Labute approximate surface area is 184 Å². The highest BCUT2D eigenvalue weighted by Crippen LogP contribution is 2.33. The monoisotopic (exact) mass is 466 g/mol. The highest BCUT2D eigenvalue weighted by molar-refractivity contribution is 7.89. The summed E-state index contributed by atoms with van der Waals surface area (Å²) >= 11 is 0. The van der Waals surface area contributed by atoms with Crippen LogP contribution in [0.3, 0.4) is 0 Å². The number of nitrogens with one attached hydrogen (secondary N) is 2. The van der Waals surface area contributed by atoms with E-state index in [4.69, 9.17) is 4.74 Å². The predicted octanol–water partition coefficient (Wildman–Crippen LogP) is 2.76. The minimum atomic E-state index is -3.80. The second-order valence-electron chi connectivity index (χ2n) is 7.69. The van der Waals surface area contributed by atoms with Crippen molar-refractivity contribution in [1.82, 2.24) is 14.7 Å². The van der Waals surface area contributed by atoms with E-state index in [0.29, 0.717) is 43.8 Å². The van der Waals surface area contributed by atoms with Gasteiger partial charge in [0.25, 0.3) is 0 Å². The van der Waals surface area contributed by atoms with Crippen LogP contribution in [0.15, 0.2) is 41.6 Å². The minimum absolute atomic E-state index is 0.0769. The first kappa shape index (κ1) is 22.4. The van der Waals surface area contributed by atoms with Crippen LogP contribution in [-0.4, -0.2) is 62.4 Å². The molecule has 2 aliphatic rings. The van der Waals surface area contributed by atoms with Crippen LogP contribution >= 0.6 is 0 Å². The highest BCUT2D eigenvalue weighted by atomic mass is 32.2. The van der Waals surface area contributed by atoms with Crippen molar-refractivity contribution < 1.29 is 26.7 Å². The van der Waals surface area contributed by atoms with Crippen LogP contribution in [0.2, 0.25) is 0 Å². The van der Waals surface area contributed by atoms with Crippen LogP contribution in [0, 0.1) is 0 Å². The summed E-state index contributed by atoms with van der Waals surface area (Å²) in [6, 6.07) is 1.76. The molecular weight excluding hydrogens is 442 g/mol. The summed E-state index contributed by atoms with van der Waals surface area (Å²) in [4.78, 5) is 22.4. The molecule has 0 spiro atoms. The first-order valence-electron chi connectivity index (χ1n) is 10.4. The fraction of sp³-hybridized carbons (Fsp3) is 0.429. The average molecular weight is 467 g/mol. The van der Waals surface area contributed by atoms with Crippen LogP contribution < -0.4 is 9.62 Å². The lowest BCUT2D eigenvalue weighted by Gasteiger charge is -2.28. The number of hydrogen-bond acceptors (Lipinski definition) is 6. The maximum Gasteiger partial charge on any atom is 0.232 e. The molecule has 1 unspecified atom stereocenters. The van der Waals surface area contributed by atoms with Gasteiger partial charge in [0.15, 0.2) is 11.6 Å².